The van der Waals surface area contributed by atoms with Gasteiger partial charge in [0.15, 0.2) is 0 Å². The van der Waals surface area contributed by atoms with E-state index in [2.05, 4.69) is 20.6 Å². The number of carbonyl (C=O) groups excluding carboxylic acids is 1. The van der Waals surface area contributed by atoms with Crippen LogP contribution in [0.5, 0.6) is 0 Å². The molecule has 178 valence electrons. The summed E-state index contributed by atoms with van der Waals surface area (Å²) in [7, 11) is 0. The lowest BCUT2D eigenvalue weighted by molar-refractivity contribution is 0.0303. The minimum absolute atomic E-state index is 0.00852. The summed E-state index contributed by atoms with van der Waals surface area (Å²) in [5.74, 6) is 1.49. The Labute approximate surface area is 195 Å². The van der Waals surface area contributed by atoms with Crippen LogP contribution >= 0.6 is 0 Å². The molecule has 2 saturated heterocycles. The van der Waals surface area contributed by atoms with Crippen LogP contribution in [0, 0.1) is 0 Å². The quantitative estimate of drug-likeness (QED) is 0.512. The molecule has 1 unspecified atom stereocenters. The van der Waals surface area contributed by atoms with Gasteiger partial charge in [0.05, 0.1) is 13.2 Å². The highest BCUT2D eigenvalue weighted by molar-refractivity contribution is 5.94. The van der Waals surface area contributed by atoms with Crippen molar-refractivity contribution in [3.8, 4) is 0 Å². The summed E-state index contributed by atoms with van der Waals surface area (Å²) in [6, 6.07) is 7.08. The second-order valence-electron chi connectivity index (χ2n) is 8.29. The van der Waals surface area contributed by atoms with Gasteiger partial charge in [-0.15, -0.1) is 0 Å². The molecule has 0 radical (unpaired) electrons. The van der Waals surface area contributed by atoms with Crippen LogP contribution in [0.2, 0.25) is 0 Å². The second-order valence-corrected chi connectivity index (χ2v) is 8.29. The third kappa shape index (κ3) is 4.71. The third-order valence-electron chi connectivity index (χ3n) is 5.97. The van der Waals surface area contributed by atoms with Gasteiger partial charge in [-0.3, -0.25) is 9.20 Å². The van der Waals surface area contributed by atoms with Gasteiger partial charge in [0.2, 0.25) is 17.7 Å². The van der Waals surface area contributed by atoms with Gasteiger partial charge in [-0.25, -0.2) is 9.78 Å². The van der Waals surface area contributed by atoms with Crippen molar-refractivity contribution in [2.75, 3.05) is 49.6 Å². The fraction of sp³-hybridized carbons (Fsp3) is 0.409. The van der Waals surface area contributed by atoms with Crippen LogP contribution < -0.4 is 15.5 Å². The van der Waals surface area contributed by atoms with Crippen LogP contribution in [0.3, 0.4) is 0 Å². The fourth-order valence-electron chi connectivity index (χ4n) is 4.26. The summed E-state index contributed by atoms with van der Waals surface area (Å²) >= 11 is 0. The molecule has 0 spiro atoms. The summed E-state index contributed by atoms with van der Waals surface area (Å²) in [5, 5.41) is 14.9. The van der Waals surface area contributed by atoms with E-state index in [0.717, 1.165) is 25.1 Å². The van der Waals surface area contributed by atoms with Gasteiger partial charge in [0, 0.05) is 55.9 Å². The minimum Gasteiger partial charge on any atom is -0.465 e. The van der Waals surface area contributed by atoms with Crippen molar-refractivity contribution in [2.24, 2.45) is 0 Å². The molecule has 2 fully saturated rings. The highest BCUT2D eigenvalue weighted by Crippen LogP contribution is 2.22. The molecular weight excluding hydrogens is 440 g/mol. The maximum atomic E-state index is 12.7. The molecular formula is C22H26N8O4. The van der Waals surface area contributed by atoms with Gasteiger partial charge in [0.25, 0.3) is 5.91 Å². The number of aromatic nitrogens is 4. The number of nitrogens with zero attached hydrogens (tertiary/aromatic N) is 6. The SMILES string of the molecule is O=C(O)NC1CCCN(c2nc(Nc3ccc(C(=O)N4CCOCC4)cc3)n3ccnc3n2)C1. The average molecular weight is 467 g/mol. The number of anilines is 3. The molecule has 3 aromatic rings. The smallest absolute Gasteiger partial charge is 0.404 e. The molecule has 0 aliphatic carbocycles. The number of carboxylic acid groups (broad SMARTS) is 1. The van der Waals surface area contributed by atoms with E-state index in [0.29, 0.717) is 56.1 Å². The van der Waals surface area contributed by atoms with Crippen LogP contribution in [0.15, 0.2) is 36.7 Å². The average Bonchev–Trinajstić information content (AvgIpc) is 3.34. The number of carbonyl (C=O) groups is 2. The zero-order chi connectivity index (χ0) is 23.5. The zero-order valence-corrected chi connectivity index (χ0v) is 18.6. The number of piperidine rings is 1. The van der Waals surface area contributed by atoms with Crippen molar-refractivity contribution in [2.45, 2.75) is 18.9 Å². The van der Waals surface area contributed by atoms with Crippen LogP contribution in [-0.4, -0.2) is 86.8 Å². The first-order chi connectivity index (χ1) is 16.6. The number of hydrogen-bond acceptors (Lipinski definition) is 8. The molecule has 2 aromatic heterocycles. The van der Waals surface area contributed by atoms with Gasteiger partial charge in [-0.05, 0) is 37.1 Å². The van der Waals surface area contributed by atoms with Gasteiger partial charge in [-0.2, -0.15) is 9.97 Å². The zero-order valence-electron chi connectivity index (χ0n) is 18.6. The molecule has 4 heterocycles. The lowest BCUT2D eigenvalue weighted by Gasteiger charge is -2.32. The van der Waals surface area contributed by atoms with Crippen molar-refractivity contribution in [3.63, 3.8) is 0 Å². The number of amides is 2. The monoisotopic (exact) mass is 466 g/mol. The maximum Gasteiger partial charge on any atom is 0.404 e. The van der Waals surface area contributed by atoms with Gasteiger partial charge in [-0.1, -0.05) is 0 Å². The molecule has 3 N–H and O–H groups in total. The van der Waals surface area contributed by atoms with Crippen molar-refractivity contribution in [1.29, 1.82) is 0 Å². The Morgan fingerprint density at radius 2 is 1.88 bits per heavy atom. The van der Waals surface area contributed by atoms with Gasteiger partial charge >= 0.3 is 6.09 Å². The van der Waals surface area contributed by atoms with Crippen LogP contribution in [0.25, 0.3) is 5.78 Å². The molecule has 1 atom stereocenters. The van der Waals surface area contributed by atoms with Crippen molar-refractivity contribution in [1.82, 2.24) is 29.6 Å². The predicted octanol–water partition coefficient (Wildman–Crippen LogP) is 1.58. The Morgan fingerprint density at radius 1 is 1.09 bits per heavy atom. The number of ether oxygens (including phenoxy) is 1. The molecule has 0 saturated carbocycles. The van der Waals surface area contributed by atoms with Crippen LogP contribution in [-0.2, 0) is 4.74 Å². The molecule has 12 heteroatoms. The number of fused-ring (bicyclic) bond motifs is 1. The molecule has 1 aromatic carbocycles. The van der Waals surface area contributed by atoms with Gasteiger partial charge < -0.3 is 30.3 Å². The number of benzene rings is 1. The minimum atomic E-state index is -1.03. The molecule has 34 heavy (non-hydrogen) atoms. The lowest BCUT2D eigenvalue weighted by Crippen LogP contribution is -2.48. The normalized spacial score (nSPS) is 18.6. The first-order valence-electron chi connectivity index (χ1n) is 11.3. The summed E-state index contributed by atoms with van der Waals surface area (Å²) in [6.07, 6.45) is 3.98. The van der Waals surface area contributed by atoms with Crippen LogP contribution in [0.1, 0.15) is 23.2 Å². The Morgan fingerprint density at radius 3 is 2.65 bits per heavy atom. The van der Waals surface area contributed by atoms with E-state index < -0.39 is 6.09 Å². The fourth-order valence-corrected chi connectivity index (χ4v) is 4.26. The van der Waals surface area contributed by atoms with E-state index in [1.807, 2.05) is 17.0 Å². The lowest BCUT2D eigenvalue weighted by atomic mass is 10.1. The topological polar surface area (TPSA) is 137 Å². The molecule has 2 amide bonds. The standard InChI is InChI=1S/C22H26N8O4/c31-18(28-10-12-34-13-11-28)15-3-5-16(6-4-15)24-21-27-20(26-19-23-7-9-30(19)21)29-8-1-2-17(14-29)25-22(32)33/h3-7,9,17,25H,1-2,8,10-14H2,(H,32,33)(H,23,24,26,27). The van der Waals surface area contributed by atoms with E-state index >= 15 is 0 Å². The van der Waals surface area contributed by atoms with E-state index in [1.165, 1.54) is 0 Å². The molecule has 2 aliphatic heterocycles. The van der Waals surface area contributed by atoms with Gasteiger partial charge in [0.1, 0.15) is 0 Å². The van der Waals surface area contributed by atoms with E-state index in [-0.39, 0.29) is 11.9 Å². The number of rotatable bonds is 5. The summed E-state index contributed by atoms with van der Waals surface area (Å²) in [4.78, 5) is 41.1. The number of morpholine rings is 1. The Hall–Kier alpha value is -3.93. The van der Waals surface area contributed by atoms with E-state index in [1.54, 1.807) is 33.8 Å². The van der Waals surface area contributed by atoms with Crippen LogP contribution in [0.4, 0.5) is 22.4 Å². The number of hydrogen-bond donors (Lipinski definition) is 3. The summed E-state index contributed by atoms with van der Waals surface area (Å²) in [5.41, 5.74) is 1.39. The maximum absolute atomic E-state index is 12.7. The summed E-state index contributed by atoms with van der Waals surface area (Å²) in [6.45, 7) is 3.54. The largest absolute Gasteiger partial charge is 0.465 e. The third-order valence-corrected chi connectivity index (χ3v) is 5.97. The Balaban J connectivity index is 1.35. The first-order valence-corrected chi connectivity index (χ1v) is 11.3. The van der Waals surface area contributed by atoms with Crippen molar-refractivity contribution < 1.29 is 19.4 Å². The molecule has 0 bridgehead atoms. The Bertz CT molecular complexity index is 1180. The number of imidazole rings is 1. The molecule has 12 nitrogen and oxygen atoms in total. The highest BCUT2D eigenvalue weighted by Gasteiger charge is 2.24. The van der Waals surface area contributed by atoms with E-state index in [9.17, 15) is 9.59 Å². The Kier molecular flexibility index (Phi) is 6.12. The molecule has 5 rings (SSSR count). The summed E-state index contributed by atoms with van der Waals surface area (Å²) < 4.78 is 7.06. The van der Waals surface area contributed by atoms with Crippen molar-refractivity contribution in [3.05, 3.63) is 42.2 Å². The second kappa shape index (κ2) is 9.51. The van der Waals surface area contributed by atoms with Crippen molar-refractivity contribution >= 4 is 35.4 Å². The predicted molar refractivity (Wildman–Crippen MR) is 124 cm³/mol. The first kappa shape index (κ1) is 21.9. The molecule has 2 aliphatic rings. The highest BCUT2D eigenvalue weighted by atomic mass is 16.5. The van der Waals surface area contributed by atoms with E-state index in [4.69, 9.17) is 14.8 Å². The number of nitrogens with one attached hydrogen (secondary N) is 2.